The number of rotatable bonds is 7. The van der Waals surface area contributed by atoms with E-state index in [1.54, 1.807) is 0 Å². The Morgan fingerprint density at radius 1 is 1.16 bits per heavy atom. The Kier molecular flexibility index (Phi) is 4.90. The molecule has 1 aromatic heterocycles. The lowest BCUT2D eigenvalue weighted by Gasteiger charge is -2.11. The molecule has 0 spiro atoms. The van der Waals surface area contributed by atoms with Crippen LogP contribution in [0.2, 0.25) is 0 Å². The number of nitrogens with one attached hydrogen (secondary N) is 1. The van der Waals surface area contributed by atoms with E-state index in [1.807, 2.05) is 25.1 Å². The molecule has 2 aromatic rings. The first-order valence-corrected chi connectivity index (χ1v) is 6.94. The summed E-state index contributed by atoms with van der Waals surface area (Å²) in [5, 5.41) is 3.44. The van der Waals surface area contributed by atoms with Crippen LogP contribution < -0.4 is 10.1 Å². The van der Waals surface area contributed by atoms with Crippen LogP contribution in [0.15, 0.2) is 42.6 Å². The Bertz CT molecular complexity index is 505. The summed E-state index contributed by atoms with van der Waals surface area (Å²) in [6, 6.07) is 12.4. The fourth-order valence-electron chi connectivity index (χ4n) is 2.12. The van der Waals surface area contributed by atoms with Crippen LogP contribution in [0.1, 0.15) is 26.0 Å². The van der Waals surface area contributed by atoms with Gasteiger partial charge in [-0.15, -0.1) is 0 Å². The third kappa shape index (κ3) is 3.78. The summed E-state index contributed by atoms with van der Waals surface area (Å²) in [5.74, 6) is 0.913. The molecule has 0 fully saturated rings. The molecular formula is C16H22N2O. The Hall–Kier alpha value is -1.90. The summed E-state index contributed by atoms with van der Waals surface area (Å²) >= 11 is 0. The van der Waals surface area contributed by atoms with E-state index in [1.165, 1.54) is 5.69 Å². The van der Waals surface area contributed by atoms with Gasteiger partial charge < -0.3 is 14.6 Å². The number of hydrogen-bond donors (Lipinski definition) is 1. The lowest BCUT2D eigenvalue weighted by atomic mass is 10.3. The highest BCUT2D eigenvalue weighted by Crippen LogP contribution is 2.18. The molecule has 1 N–H and O–H groups in total. The zero-order valence-electron chi connectivity index (χ0n) is 11.7. The second-order valence-corrected chi connectivity index (χ2v) is 4.51. The second-order valence-electron chi connectivity index (χ2n) is 4.51. The van der Waals surface area contributed by atoms with Crippen molar-refractivity contribution < 1.29 is 4.74 Å². The van der Waals surface area contributed by atoms with Crippen molar-refractivity contribution in [1.82, 2.24) is 4.57 Å². The van der Waals surface area contributed by atoms with Crippen molar-refractivity contribution in [3.8, 4) is 5.75 Å². The zero-order chi connectivity index (χ0) is 13.5. The van der Waals surface area contributed by atoms with Gasteiger partial charge in [0, 0.05) is 30.2 Å². The lowest BCUT2D eigenvalue weighted by molar-refractivity contribution is 0.340. The molecule has 0 amide bonds. The normalized spacial score (nSPS) is 10.4. The quantitative estimate of drug-likeness (QED) is 0.815. The standard InChI is InChI=1S/C16H22N2O/c1-3-10-18-11-6-8-15(18)13-17-14-7-5-9-16(12-14)19-4-2/h5-9,11-12,17H,3-4,10,13H2,1-2H3. The van der Waals surface area contributed by atoms with Gasteiger partial charge in [-0.2, -0.15) is 0 Å². The summed E-state index contributed by atoms with van der Waals surface area (Å²) in [5.41, 5.74) is 2.40. The summed E-state index contributed by atoms with van der Waals surface area (Å²) in [6.45, 7) is 6.80. The predicted molar refractivity (Wildman–Crippen MR) is 79.7 cm³/mol. The number of hydrogen-bond acceptors (Lipinski definition) is 2. The van der Waals surface area contributed by atoms with Gasteiger partial charge >= 0.3 is 0 Å². The van der Waals surface area contributed by atoms with E-state index in [0.29, 0.717) is 6.61 Å². The Labute approximate surface area is 115 Å². The van der Waals surface area contributed by atoms with Gasteiger partial charge in [-0.25, -0.2) is 0 Å². The van der Waals surface area contributed by atoms with Crippen LogP contribution in [0.3, 0.4) is 0 Å². The molecule has 0 saturated heterocycles. The van der Waals surface area contributed by atoms with Gasteiger partial charge in [-0.3, -0.25) is 0 Å². The predicted octanol–water partition coefficient (Wildman–Crippen LogP) is 3.91. The van der Waals surface area contributed by atoms with Crippen molar-refractivity contribution in [3.63, 3.8) is 0 Å². The molecule has 1 aromatic carbocycles. The molecule has 0 radical (unpaired) electrons. The van der Waals surface area contributed by atoms with Crippen LogP contribution in [0, 0.1) is 0 Å². The molecule has 1 heterocycles. The smallest absolute Gasteiger partial charge is 0.121 e. The Morgan fingerprint density at radius 3 is 2.84 bits per heavy atom. The van der Waals surface area contributed by atoms with Crippen LogP contribution in [0.5, 0.6) is 5.75 Å². The average Bonchev–Trinajstić information content (AvgIpc) is 2.85. The molecule has 0 atom stereocenters. The largest absolute Gasteiger partial charge is 0.494 e. The maximum absolute atomic E-state index is 5.50. The average molecular weight is 258 g/mol. The molecule has 0 aliphatic carbocycles. The highest BCUT2D eigenvalue weighted by Gasteiger charge is 2.01. The van der Waals surface area contributed by atoms with E-state index in [0.717, 1.165) is 30.9 Å². The minimum atomic E-state index is 0.697. The first kappa shape index (κ1) is 13.5. The van der Waals surface area contributed by atoms with Gasteiger partial charge in [0.05, 0.1) is 13.2 Å². The van der Waals surface area contributed by atoms with Crippen molar-refractivity contribution in [1.29, 1.82) is 0 Å². The van der Waals surface area contributed by atoms with Crippen molar-refractivity contribution in [3.05, 3.63) is 48.3 Å². The molecule has 3 heteroatoms. The van der Waals surface area contributed by atoms with Gasteiger partial charge in [0.15, 0.2) is 0 Å². The highest BCUT2D eigenvalue weighted by atomic mass is 16.5. The van der Waals surface area contributed by atoms with Crippen LogP contribution in [-0.4, -0.2) is 11.2 Å². The van der Waals surface area contributed by atoms with E-state index >= 15 is 0 Å². The molecular weight excluding hydrogens is 236 g/mol. The van der Waals surface area contributed by atoms with Gasteiger partial charge in [0.25, 0.3) is 0 Å². The topological polar surface area (TPSA) is 26.2 Å². The summed E-state index contributed by atoms with van der Waals surface area (Å²) in [7, 11) is 0. The SMILES string of the molecule is CCCn1cccc1CNc1cccc(OCC)c1. The molecule has 0 saturated carbocycles. The minimum Gasteiger partial charge on any atom is -0.494 e. The van der Waals surface area contributed by atoms with Gasteiger partial charge in [-0.05, 0) is 37.6 Å². The van der Waals surface area contributed by atoms with Crippen molar-refractivity contribution >= 4 is 5.69 Å². The number of ether oxygens (including phenoxy) is 1. The van der Waals surface area contributed by atoms with Crippen LogP contribution in [0.4, 0.5) is 5.69 Å². The molecule has 3 nitrogen and oxygen atoms in total. The van der Waals surface area contributed by atoms with E-state index in [9.17, 15) is 0 Å². The maximum atomic E-state index is 5.50. The molecule has 102 valence electrons. The third-order valence-electron chi connectivity index (χ3n) is 3.01. The number of aryl methyl sites for hydroxylation is 1. The fraction of sp³-hybridized carbons (Fsp3) is 0.375. The summed E-state index contributed by atoms with van der Waals surface area (Å²) in [4.78, 5) is 0. The van der Waals surface area contributed by atoms with Crippen molar-refractivity contribution in [2.24, 2.45) is 0 Å². The molecule has 0 aliphatic rings. The van der Waals surface area contributed by atoms with E-state index in [2.05, 4.69) is 41.2 Å². The van der Waals surface area contributed by atoms with E-state index in [4.69, 9.17) is 4.74 Å². The first-order chi connectivity index (χ1) is 9.33. The van der Waals surface area contributed by atoms with E-state index in [-0.39, 0.29) is 0 Å². The maximum Gasteiger partial charge on any atom is 0.121 e. The van der Waals surface area contributed by atoms with Crippen LogP contribution in [0.25, 0.3) is 0 Å². The second kappa shape index (κ2) is 6.88. The summed E-state index contributed by atoms with van der Waals surface area (Å²) < 4.78 is 7.79. The molecule has 19 heavy (non-hydrogen) atoms. The molecule has 2 rings (SSSR count). The summed E-state index contributed by atoms with van der Waals surface area (Å²) in [6.07, 6.45) is 3.29. The zero-order valence-corrected chi connectivity index (χ0v) is 11.7. The fourth-order valence-corrected chi connectivity index (χ4v) is 2.12. The van der Waals surface area contributed by atoms with Gasteiger partial charge in [-0.1, -0.05) is 13.0 Å². The number of anilines is 1. The van der Waals surface area contributed by atoms with Crippen LogP contribution >= 0.6 is 0 Å². The molecule has 0 aliphatic heterocycles. The Morgan fingerprint density at radius 2 is 2.05 bits per heavy atom. The van der Waals surface area contributed by atoms with Crippen molar-refractivity contribution in [2.75, 3.05) is 11.9 Å². The van der Waals surface area contributed by atoms with Gasteiger partial charge in [0.2, 0.25) is 0 Å². The monoisotopic (exact) mass is 258 g/mol. The molecule has 0 bridgehead atoms. The van der Waals surface area contributed by atoms with E-state index < -0.39 is 0 Å². The highest BCUT2D eigenvalue weighted by molar-refractivity contribution is 5.48. The third-order valence-corrected chi connectivity index (χ3v) is 3.01. The molecule has 0 unspecified atom stereocenters. The van der Waals surface area contributed by atoms with Crippen LogP contribution in [-0.2, 0) is 13.1 Å². The lowest BCUT2D eigenvalue weighted by Crippen LogP contribution is -2.07. The number of aromatic nitrogens is 1. The Balaban J connectivity index is 1.97. The number of benzene rings is 1. The minimum absolute atomic E-state index is 0.697. The van der Waals surface area contributed by atoms with Crippen molar-refractivity contribution in [2.45, 2.75) is 33.4 Å². The van der Waals surface area contributed by atoms with Gasteiger partial charge in [0.1, 0.15) is 5.75 Å². The first-order valence-electron chi connectivity index (χ1n) is 6.94. The number of nitrogens with zero attached hydrogens (tertiary/aromatic N) is 1.